The summed E-state index contributed by atoms with van der Waals surface area (Å²) in [5.74, 6) is 0. The SMILES string of the molecule is Cl.c1ccc2oc(OCCCC3CCCCN3)nc2c1. The summed E-state index contributed by atoms with van der Waals surface area (Å²) in [6.45, 7) is 1.83. The van der Waals surface area contributed by atoms with Gasteiger partial charge in [0.15, 0.2) is 5.58 Å². The van der Waals surface area contributed by atoms with Gasteiger partial charge in [0.25, 0.3) is 0 Å². The van der Waals surface area contributed by atoms with Crippen molar-refractivity contribution in [2.24, 2.45) is 0 Å². The van der Waals surface area contributed by atoms with Gasteiger partial charge in [-0.15, -0.1) is 12.4 Å². The van der Waals surface area contributed by atoms with Crippen LogP contribution in [0, 0.1) is 0 Å². The molecule has 1 atom stereocenters. The van der Waals surface area contributed by atoms with Crippen LogP contribution in [0.2, 0.25) is 0 Å². The highest BCUT2D eigenvalue weighted by Gasteiger charge is 2.12. The molecule has 1 fully saturated rings. The van der Waals surface area contributed by atoms with Gasteiger partial charge >= 0.3 is 6.08 Å². The third-order valence-corrected chi connectivity index (χ3v) is 3.61. The largest absolute Gasteiger partial charge is 0.450 e. The zero-order chi connectivity index (χ0) is 12.9. The molecule has 2 aromatic rings. The van der Waals surface area contributed by atoms with Gasteiger partial charge in [-0.05, 0) is 44.4 Å². The Kier molecular flexibility index (Phi) is 5.68. The zero-order valence-electron chi connectivity index (χ0n) is 11.5. The lowest BCUT2D eigenvalue weighted by molar-refractivity contribution is 0.223. The lowest BCUT2D eigenvalue weighted by atomic mass is 10.0. The summed E-state index contributed by atoms with van der Waals surface area (Å²) in [4.78, 5) is 4.29. The molecule has 3 rings (SSSR count). The van der Waals surface area contributed by atoms with Gasteiger partial charge in [0.1, 0.15) is 5.52 Å². The smallest absolute Gasteiger partial charge is 0.394 e. The van der Waals surface area contributed by atoms with Gasteiger partial charge in [-0.2, -0.15) is 4.98 Å². The normalized spacial score (nSPS) is 18.7. The molecule has 0 saturated carbocycles. The third kappa shape index (κ3) is 3.87. The van der Waals surface area contributed by atoms with Crippen LogP contribution in [0.15, 0.2) is 28.7 Å². The molecule has 0 bridgehead atoms. The standard InChI is InChI=1S/C15H20N2O2.ClH/c1-2-9-14-13(8-1)17-15(19-14)18-11-5-7-12-6-3-4-10-16-12;/h1-2,8-9,12,16H,3-7,10-11H2;1H. The molecular weight excluding hydrogens is 276 g/mol. The molecular formula is C15H21ClN2O2. The fraction of sp³-hybridized carbons (Fsp3) is 0.533. The number of nitrogens with one attached hydrogen (secondary N) is 1. The number of piperidine rings is 1. The molecule has 1 saturated heterocycles. The molecule has 4 nitrogen and oxygen atoms in total. The van der Waals surface area contributed by atoms with Crippen LogP contribution in [0.3, 0.4) is 0 Å². The first-order valence-electron chi connectivity index (χ1n) is 7.13. The quantitative estimate of drug-likeness (QED) is 0.857. The van der Waals surface area contributed by atoms with E-state index >= 15 is 0 Å². The summed E-state index contributed by atoms with van der Waals surface area (Å²) in [5, 5.41) is 3.54. The molecule has 0 radical (unpaired) electrons. The summed E-state index contributed by atoms with van der Waals surface area (Å²) in [6, 6.07) is 8.38. The van der Waals surface area contributed by atoms with E-state index in [2.05, 4.69) is 10.3 Å². The van der Waals surface area contributed by atoms with E-state index in [1.807, 2.05) is 24.3 Å². The third-order valence-electron chi connectivity index (χ3n) is 3.61. The number of ether oxygens (including phenoxy) is 1. The van der Waals surface area contributed by atoms with E-state index in [4.69, 9.17) is 9.15 Å². The molecule has 20 heavy (non-hydrogen) atoms. The van der Waals surface area contributed by atoms with Crippen molar-refractivity contribution in [3.63, 3.8) is 0 Å². The number of para-hydroxylation sites is 2. The van der Waals surface area contributed by atoms with Crippen LogP contribution in [0.25, 0.3) is 11.1 Å². The van der Waals surface area contributed by atoms with E-state index in [0.717, 1.165) is 24.1 Å². The van der Waals surface area contributed by atoms with E-state index < -0.39 is 0 Å². The summed E-state index contributed by atoms with van der Waals surface area (Å²) in [5.41, 5.74) is 1.64. The Balaban J connectivity index is 0.00000147. The van der Waals surface area contributed by atoms with Gasteiger partial charge in [0, 0.05) is 6.04 Å². The summed E-state index contributed by atoms with van der Waals surface area (Å²) in [7, 11) is 0. The van der Waals surface area contributed by atoms with Gasteiger partial charge in [-0.25, -0.2) is 0 Å². The van der Waals surface area contributed by atoms with Crippen molar-refractivity contribution in [3.8, 4) is 6.08 Å². The molecule has 2 heterocycles. The maximum atomic E-state index is 5.58. The fourth-order valence-corrected chi connectivity index (χ4v) is 2.57. The van der Waals surface area contributed by atoms with Crippen molar-refractivity contribution >= 4 is 23.5 Å². The number of oxazole rings is 1. The predicted molar refractivity (Wildman–Crippen MR) is 81.6 cm³/mol. The van der Waals surface area contributed by atoms with Gasteiger partial charge < -0.3 is 14.5 Å². The number of benzene rings is 1. The van der Waals surface area contributed by atoms with Crippen LogP contribution < -0.4 is 10.1 Å². The van der Waals surface area contributed by atoms with Gasteiger partial charge in [0.2, 0.25) is 0 Å². The van der Waals surface area contributed by atoms with Crippen LogP contribution in [-0.4, -0.2) is 24.2 Å². The van der Waals surface area contributed by atoms with Crippen LogP contribution >= 0.6 is 12.4 Å². The van der Waals surface area contributed by atoms with Crippen LogP contribution in [0.4, 0.5) is 0 Å². The van der Waals surface area contributed by atoms with Gasteiger partial charge in [-0.1, -0.05) is 18.6 Å². The number of nitrogens with zero attached hydrogens (tertiary/aromatic N) is 1. The van der Waals surface area contributed by atoms with Crippen LogP contribution in [-0.2, 0) is 0 Å². The topological polar surface area (TPSA) is 47.3 Å². The van der Waals surface area contributed by atoms with Crippen molar-refractivity contribution in [1.29, 1.82) is 0 Å². The van der Waals surface area contributed by atoms with Crippen molar-refractivity contribution in [1.82, 2.24) is 10.3 Å². The average molecular weight is 297 g/mol. The van der Waals surface area contributed by atoms with E-state index in [0.29, 0.717) is 18.7 Å². The fourth-order valence-electron chi connectivity index (χ4n) is 2.57. The molecule has 1 unspecified atom stereocenters. The van der Waals surface area contributed by atoms with E-state index in [-0.39, 0.29) is 12.4 Å². The minimum Gasteiger partial charge on any atom is -0.450 e. The van der Waals surface area contributed by atoms with Crippen LogP contribution in [0.1, 0.15) is 32.1 Å². The first kappa shape index (κ1) is 15.1. The van der Waals surface area contributed by atoms with Crippen molar-refractivity contribution in [2.75, 3.05) is 13.2 Å². The lowest BCUT2D eigenvalue weighted by Gasteiger charge is -2.23. The molecule has 5 heteroatoms. The van der Waals surface area contributed by atoms with Crippen molar-refractivity contribution < 1.29 is 9.15 Å². The Morgan fingerprint density at radius 2 is 2.20 bits per heavy atom. The van der Waals surface area contributed by atoms with Crippen molar-refractivity contribution in [2.45, 2.75) is 38.1 Å². The molecule has 1 aromatic heterocycles. The second kappa shape index (κ2) is 7.50. The summed E-state index contributed by atoms with van der Waals surface area (Å²) < 4.78 is 11.1. The first-order chi connectivity index (χ1) is 9.42. The second-order valence-electron chi connectivity index (χ2n) is 5.09. The van der Waals surface area contributed by atoms with E-state index in [1.54, 1.807) is 0 Å². The molecule has 1 aromatic carbocycles. The minimum absolute atomic E-state index is 0. The van der Waals surface area contributed by atoms with Crippen LogP contribution in [0.5, 0.6) is 6.08 Å². The molecule has 1 aliphatic rings. The molecule has 0 spiro atoms. The number of fused-ring (bicyclic) bond motifs is 1. The Morgan fingerprint density at radius 3 is 3.00 bits per heavy atom. The maximum absolute atomic E-state index is 5.58. The average Bonchev–Trinajstić information content (AvgIpc) is 2.87. The van der Waals surface area contributed by atoms with E-state index in [1.165, 1.54) is 25.7 Å². The number of hydrogen-bond acceptors (Lipinski definition) is 4. The van der Waals surface area contributed by atoms with Gasteiger partial charge in [0.05, 0.1) is 6.61 Å². The van der Waals surface area contributed by atoms with Crippen molar-refractivity contribution in [3.05, 3.63) is 24.3 Å². The Labute approximate surface area is 125 Å². The molecule has 110 valence electrons. The monoisotopic (exact) mass is 296 g/mol. The number of rotatable bonds is 5. The first-order valence-corrected chi connectivity index (χ1v) is 7.13. The molecule has 0 amide bonds. The molecule has 1 aliphatic heterocycles. The Hall–Kier alpha value is -1.26. The second-order valence-corrected chi connectivity index (χ2v) is 5.09. The highest BCUT2D eigenvalue weighted by molar-refractivity contribution is 5.85. The molecule has 0 aliphatic carbocycles. The Morgan fingerprint density at radius 1 is 1.30 bits per heavy atom. The van der Waals surface area contributed by atoms with E-state index in [9.17, 15) is 0 Å². The predicted octanol–water partition coefficient (Wildman–Crippen LogP) is 3.55. The minimum atomic E-state index is 0. The summed E-state index contributed by atoms with van der Waals surface area (Å²) in [6.07, 6.45) is 6.55. The number of aromatic nitrogens is 1. The number of halogens is 1. The highest BCUT2D eigenvalue weighted by atomic mass is 35.5. The number of hydrogen-bond donors (Lipinski definition) is 1. The highest BCUT2D eigenvalue weighted by Crippen LogP contribution is 2.20. The van der Waals surface area contributed by atoms with Gasteiger partial charge in [-0.3, -0.25) is 0 Å². The zero-order valence-corrected chi connectivity index (χ0v) is 12.3. The summed E-state index contributed by atoms with van der Waals surface area (Å²) >= 11 is 0. The lowest BCUT2D eigenvalue weighted by Crippen LogP contribution is -2.34. The Bertz CT molecular complexity index is 490. The molecule has 1 N–H and O–H groups in total. The maximum Gasteiger partial charge on any atom is 0.394 e.